The van der Waals surface area contributed by atoms with E-state index in [2.05, 4.69) is 15.5 Å². The zero-order valence-electron chi connectivity index (χ0n) is 18.2. The van der Waals surface area contributed by atoms with E-state index in [1.54, 1.807) is 12.1 Å². The minimum atomic E-state index is -0.320. The van der Waals surface area contributed by atoms with Gasteiger partial charge in [0.1, 0.15) is 0 Å². The number of carbonyl (C=O) groups is 2. The minimum Gasteiger partial charge on any atom is -0.367 e. The molecule has 1 aromatic heterocycles. The highest BCUT2D eigenvalue weighted by Crippen LogP contribution is 2.30. The molecule has 3 aromatic rings. The van der Waals surface area contributed by atoms with Gasteiger partial charge < -0.3 is 15.1 Å². The Hall–Kier alpha value is -3.20. The average Bonchev–Trinajstić information content (AvgIpc) is 3.38. The molecule has 1 saturated heterocycles. The number of nitrogens with zero attached hydrogens (tertiary/aromatic N) is 2. The molecule has 1 aliphatic heterocycles. The van der Waals surface area contributed by atoms with Crippen LogP contribution in [0, 0.1) is 0 Å². The number of carbonyl (C=O) groups excluding carboxylic acids is 2. The lowest BCUT2D eigenvalue weighted by molar-refractivity contribution is -0.115. The number of benzene rings is 2. The number of thiocarbonyl (C=S) groups is 1. The van der Waals surface area contributed by atoms with E-state index in [-0.39, 0.29) is 16.9 Å². The summed E-state index contributed by atoms with van der Waals surface area (Å²) in [7, 11) is 0. The maximum absolute atomic E-state index is 12.5. The van der Waals surface area contributed by atoms with E-state index < -0.39 is 0 Å². The third-order valence-corrected chi connectivity index (χ3v) is 6.67. The van der Waals surface area contributed by atoms with Crippen LogP contribution in [0.25, 0.3) is 6.08 Å². The zero-order valence-corrected chi connectivity index (χ0v) is 20.6. The molecule has 174 valence electrons. The molecule has 9 heteroatoms. The van der Waals surface area contributed by atoms with Gasteiger partial charge in [0, 0.05) is 37.9 Å². The standard InChI is InChI=1S/C25H23ClN4O2S2/c26-20-17-19(27-25(33)28-23(31)11-8-18-5-2-1-3-6-18)9-10-21(20)29-12-14-30(15-13-29)24(32)22-7-4-16-34-22/h1-11,16-17H,12-15H2,(H2,27,28,31,33). The Kier molecular flexibility index (Phi) is 7.95. The van der Waals surface area contributed by atoms with Crippen LogP contribution in [0.4, 0.5) is 11.4 Å². The molecule has 1 fully saturated rings. The molecular weight excluding hydrogens is 488 g/mol. The number of rotatable bonds is 5. The lowest BCUT2D eigenvalue weighted by atomic mass is 10.2. The highest BCUT2D eigenvalue weighted by molar-refractivity contribution is 7.80. The summed E-state index contributed by atoms with van der Waals surface area (Å²) in [4.78, 5) is 29.5. The monoisotopic (exact) mass is 510 g/mol. The van der Waals surface area contributed by atoms with Crippen molar-refractivity contribution in [2.75, 3.05) is 36.4 Å². The summed E-state index contributed by atoms with van der Waals surface area (Å²) in [5.41, 5.74) is 2.50. The topological polar surface area (TPSA) is 64.7 Å². The number of anilines is 2. The minimum absolute atomic E-state index is 0.0782. The molecule has 0 aliphatic carbocycles. The summed E-state index contributed by atoms with van der Waals surface area (Å²) >= 11 is 13.3. The quantitative estimate of drug-likeness (QED) is 0.378. The molecule has 0 spiro atoms. The van der Waals surface area contributed by atoms with Gasteiger partial charge in [-0.15, -0.1) is 11.3 Å². The van der Waals surface area contributed by atoms with E-state index in [0.717, 1.165) is 16.1 Å². The number of piperazine rings is 1. The molecule has 4 rings (SSSR count). The Morgan fingerprint density at radius 1 is 1.00 bits per heavy atom. The Morgan fingerprint density at radius 2 is 1.76 bits per heavy atom. The van der Waals surface area contributed by atoms with Crippen LogP contribution in [0.5, 0.6) is 0 Å². The fourth-order valence-electron chi connectivity index (χ4n) is 3.60. The maximum atomic E-state index is 12.5. The third-order valence-electron chi connectivity index (χ3n) is 5.31. The maximum Gasteiger partial charge on any atom is 0.264 e. The predicted molar refractivity (Wildman–Crippen MR) is 144 cm³/mol. The van der Waals surface area contributed by atoms with Crippen molar-refractivity contribution in [3.8, 4) is 0 Å². The van der Waals surface area contributed by atoms with Crippen molar-refractivity contribution in [1.82, 2.24) is 10.2 Å². The van der Waals surface area contributed by atoms with Crippen LogP contribution in [0.1, 0.15) is 15.2 Å². The summed E-state index contributed by atoms with van der Waals surface area (Å²) in [5.74, 6) is -0.242. The SMILES string of the molecule is O=C(C=Cc1ccccc1)NC(=S)Nc1ccc(N2CCN(C(=O)c3cccs3)CC2)c(Cl)c1. The largest absolute Gasteiger partial charge is 0.367 e. The molecular formula is C25H23ClN4O2S2. The van der Waals surface area contributed by atoms with Crippen molar-refractivity contribution in [3.63, 3.8) is 0 Å². The van der Waals surface area contributed by atoms with E-state index >= 15 is 0 Å². The van der Waals surface area contributed by atoms with Crippen LogP contribution in [0.15, 0.2) is 72.1 Å². The van der Waals surface area contributed by atoms with E-state index in [1.165, 1.54) is 17.4 Å². The summed E-state index contributed by atoms with van der Waals surface area (Å²) < 4.78 is 0. The van der Waals surface area contributed by atoms with Gasteiger partial charge in [0.05, 0.1) is 15.6 Å². The molecule has 2 aromatic carbocycles. The van der Waals surface area contributed by atoms with E-state index in [1.807, 2.05) is 64.9 Å². The summed E-state index contributed by atoms with van der Waals surface area (Å²) in [6.07, 6.45) is 3.15. The second-order valence-electron chi connectivity index (χ2n) is 7.61. The highest BCUT2D eigenvalue weighted by Gasteiger charge is 2.24. The van der Waals surface area contributed by atoms with Crippen molar-refractivity contribution < 1.29 is 9.59 Å². The van der Waals surface area contributed by atoms with Gasteiger partial charge in [-0.25, -0.2) is 0 Å². The van der Waals surface area contributed by atoms with E-state index in [9.17, 15) is 9.59 Å². The third kappa shape index (κ3) is 6.22. The number of amides is 2. The molecule has 1 aliphatic rings. The molecule has 0 atom stereocenters. The Morgan fingerprint density at radius 3 is 2.44 bits per heavy atom. The van der Waals surface area contributed by atoms with Crippen LogP contribution >= 0.6 is 35.2 Å². The number of halogens is 1. The zero-order chi connectivity index (χ0) is 23.9. The first-order valence-electron chi connectivity index (χ1n) is 10.7. The van der Waals surface area contributed by atoms with E-state index in [4.69, 9.17) is 23.8 Å². The lowest BCUT2D eigenvalue weighted by Crippen LogP contribution is -2.48. The van der Waals surface area contributed by atoms with Crippen molar-refractivity contribution in [2.45, 2.75) is 0 Å². The average molecular weight is 511 g/mol. The number of nitrogens with one attached hydrogen (secondary N) is 2. The molecule has 34 heavy (non-hydrogen) atoms. The van der Waals surface area contributed by atoms with Crippen LogP contribution in [0.3, 0.4) is 0 Å². The first-order chi connectivity index (χ1) is 16.5. The Balaban J connectivity index is 1.29. The number of hydrogen-bond donors (Lipinski definition) is 2. The normalized spacial score (nSPS) is 13.7. The molecule has 2 N–H and O–H groups in total. The van der Waals surface area contributed by atoms with Gasteiger partial charge in [-0.05, 0) is 53.5 Å². The Labute approximate surface area is 212 Å². The van der Waals surface area contributed by atoms with Crippen molar-refractivity contribution >= 4 is 69.5 Å². The second-order valence-corrected chi connectivity index (χ2v) is 9.37. The first kappa shape index (κ1) is 23.9. The van der Waals surface area contributed by atoms with Crippen molar-refractivity contribution in [1.29, 1.82) is 0 Å². The molecule has 0 bridgehead atoms. The van der Waals surface area contributed by atoms with Gasteiger partial charge in [0.15, 0.2) is 5.11 Å². The summed E-state index contributed by atoms with van der Waals surface area (Å²) in [6.45, 7) is 2.68. The number of thiophene rings is 1. The van der Waals surface area contributed by atoms with Gasteiger partial charge >= 0.3 is 0 Å². The summed E-state index contributed by atoms with van der Waals surface area (Å²) in [5, 5.41) is 8.29. The van der Waals surface area contributed by atoms with Gasteiger partial charge in [0.2, 0.25) is 5.91 Å². The van der Waals surface area contributed by atoms with Crippen molar-refractivity contribution in [3.05, 3.63) is 87.6 Å². The van der Waals surface area contributed by atoms with Gasteiger partial charge in [-0.3, -0.25) is 14.9 Å². The smallest absolute Gasteiger partial charge is 0.264 e. The van der Waals surface area contributed by atoms with Crippen molar-refractivity contribution in [2.24, 2.45) is 0 Å². The fraction of sp³-hybridized carbons (Fsp3) is 0.160. The van der Waals surface area contributed by atoms with Gasteiger partial charge in [0.25, 0.3) is 5.91 Å². The van der Waals surface area contributed by atoms with Crippen LogP contribution in [-0.4, -0.2) is 48.0 Å². The van der Waals surface area contributed by atoms with Crippen LogP contribution in [0.2, 0.25) is 5.02 Å². The summed E-state index contributed by atoms with van der Waals surface area (Å²) in [6, 6.07) is 18.8. The molecule has 2 heterocycles. The molecule has 6 nitrogen and oxygen atoms in total. The van der Waals surface area contributed by atoms with Gasteiger partial charge in [-0.2, -0.15) is 0 Å². The predicted octanol–water partition coefficient (Wildman–Crippen LogP) is 4.89. The molecule has 0 saturated carbocycles. The highest BCUT2D eigenvalue weighted by atomic mass is 35.5. The second kappa shape index (κ2) is 11.3. The molecule has 2 amide bonds. The van der Waals surface area contributed by atoms with E-state index in [0.29, 0.717) is 36.9 Å². The van der Waals surface area contributed by atoms with Crippen LogP contribution < -0.4 is 15.5 Å². The molecule has 0 unspecified atom stereocenters. The molecule has 0 radical (unpaired) electrons. The first-order valence-corrected chi connectivity index (χ1v) is 12.4. The lowest BCUT2D eigenvalue weighted by Gasteiger charge is -2.36. The van der Waals surface area contributed by atoms with Gasteiger partial charge in [-0.1, -0.05) is 48.0 Å². The number of hydrogen-bond acceptors (Lipinski definition) is 5. The Bertz CT molecular complexity index is 1190. The fourth-order valence-corrected chi connectivity index (χ4v) is 4.81. The van der Waals surface area contributed by atoms with Crippen LogP contribution in [-0.2, 0) is 4.79 Å².